The molecule has 11 rings (SSSR count). The zero-order chi connectivity index (χ0) is 36.8. The zero-order valence-electron chi connectivity index (χ0n) is 30.3. The molecule has 0 aliphatic heterocycles. The molecule has 5 heteroatoms. The number of nitrogens with zero attached hydrogens (tertiary/aromatic N) is 5. The smallest absolute Gasteiger partial charge is 0.0991 e. The molecule has 7 aromatic carbocycles. The van der Waals surface area contributed by atoms with E-state index in [1.165, 1.54) is 32.6 Å². The largest absolute Gasteiger partial charge is 0.309 e. The fourth-order valence-corrected chi connectivity index (χ4v) is 8.94. The maximum absolute atomic E-state index is 9.82. The molecular weight excluding hydrogens is 671 g/mol. The van der Waals surface area contributed by atoms with Gasteiger partial charge in [0.05, 0.1) is 56.1 Å². The molecule has 5 nitrogen and oxygen atoms in total. The Hall–Kier alpha value is -7.42. The normalized spacial score (nSPS) is 11.8. The summed E-state index contributed by atoms with van der Waals surface area (Å²) >= 11 is 0. The summed E-state index contributed by atoms with van der Waals surface area (Å²) in [6.45, 7) is 4.36. The Morgan fingerprint density at radius 2 is 0.964 bits per heavy atom. The molecule has 0 bridgehead atoms. The van der Waals surface area contributed by atoms with E-state index in [0.717, 1.165) is 72.3 Å². The van der Waals surface area contributed by atoms with Crippen LogP contribution in [-0.2, 0) is 0 Å². The highest BCUT2D eigenvalue weighted by Crippen LogP contribution is 2.41. The van der Waals surface area contributed by atoms with Gasteiger partial charge in [0.25, 0.3) is 0 Å². The van der Waals surface area contributed by atoms with Crippen LogP contribution in [0.5, 0.6) is 0 Å². The number of hydrogen-bond donors (Lipinski definition) is 0. The Morgan fingerprint density at radius 3 is 1.58 bits per heavy atom. The maximum atomic E-state index is 9.82. The third-order valence-corrected chi connectivity index (χ3v) is 11.4. The van der Waals surface area contributed by atoms with Crippen molar-refractivity contribution in [3.05, 3.63) is 181 Å². The van der Waals surface area contributed by atoms with Crippen molar-refractivity contribution >= 4 is 65.4 Å². The number of aromatic nitrogens is 4. The van der Waals surface area contributed by atoms with Gasteiger partial charge in [-0.25, -0.2) is 0 Å². The van der Waals surface area contributed by atoms with Crippen LogP contribution in [0.25, 0.3) is 93.7 Å². The predicted octanol–water partition coefficient (Wildman–Crippen LogP) is 12.5. The number of pyridine rings is 1. The lowest BCUT2D eigenvalue weighted by Crippen LogP contribution is -2.04. The van der Waals surface area contributed by atoms with Crippen LogP contribution in [0.15, 0.2) is 164 Å². The highest BCUT2D eigenvalue weighted by Gasteiger charge is 2.22. The number of benzene rings is 7. The minimum atomic E-state index is 0.648. The number of fused-ring (bicyclic) bond motifs is 9. The lowest BCUT2D eigenvalue weighted by molar-refractivity contribution is 1.11. The first-order valence-electron chi connectivity index (χ1n) is 18.6. The van der Waals surface area contributed by atoms with Gasteiger partial charge in [-0.05, 0) is 104 Å². The van der Waals surface area contributed by atoms with Gasteiger partial charge in [0.1, 0.15) is 0 Å². The second-order valence-corrected chi connectivity index (χ2v) is 14.4. The van der Waals surface area contributed by atoms with Crippen molar-refractivity contribution in [3.8, 4) is 34.4 Å². The molecule has 4 aromatic heterocycles. The first-order chi connectivity index (χ1) is 27.1. The monoisotopic (exact) mass is 703 g/mol. The van der Waals surface area contributed by atoms with Gasteiger partial charge in [-0.1, -0.05) is 78.9 Å². The number of hydrogen-bond acceptors (Lipinski definition) is 2. The molecule has 0 N–H and O–H groups in total. The molecule has 0 spiro atoms. The minimum Gasteiger partial charge on any atom is -0.309 e. The molecule has 11 aromatic rings. The summed E-state index contributed by atoms with van der Waals surface area (Å²) in [5, 5.41) is 16.9. The van der Waals surface area contributed by atoms with E-state index in [2.05, 4.69) is 173 Å². The topological polar surface area (TPSA) is 51.5 Å². The summed E-state index contributed by atoms with van der Waals surface area (Å²) in [7, 11) is 0. The van der Waals surface area contributed by atoms with Crippen LogP contribution in [0.4, 0.5) is 0 Å². The standard InChI is InChI=1S/C50H33N5/c1-31-12-11-25-52-50(31)40-28-35(54-45-19-9-5-15-38(45)41-26-33(30-51)21-23-47(41)54)29-49(32(40)2)55-46-20-10-6-16-39(46)42-27-34(22-24-48(42)55)53-43-17-7-3-13-36(43)37-14-4-8-18-44(37)53/h3-29H,1-2H3. The van der Waals surface area contributed by atoms with E-state index in [1.807, 2.05) is 24.4 Å². The lowest BCUT2D eigenvalue weighted by Gasteiger charge is -2.19. The van der Waals surface area contributed by atoms with E-state index in [-0.39, 0.29) is 0 Å². The molecule has 0 unspecified atom stereocenters. The Morgan fingerprint density at radius 1 is 0.455 bits per heavy atom. The molecule has 4 heterocycles. The summed E-state index contributed by atoms with van der Waals surface area (Å²) in [6.07, 6.45) is 1.88. The lowest BCUT2D eigenvalue weighted by atomic mass is 9.98. The average Bonchev–Trinajstić information content (AvgIpc) is 3.86. The Kier molecular flexibility index (Phi) is 6.68. The summed E-state index contributed by atoms with van der Waals surface area (Å²) in [6, 6.07) is 58.6. The van der Waals surface area contributed by atoms with Crippen LogP contribution in [0.1, 0.15) is 16.7 Å². The van der Waals surface area contributed by atoms with E-state index >= 15 is 0 Å². The van der Waals surface area contributed by atoms with Gasteiger partial charge in [-0.15, -0.1) is 0 Å². The number of para-hydroxylation sites is 4. The molecule has 0 aliphatic rings. The van der Waals surface area contributed by atoms with Crippen molar-refractivity contribution in [1.29, 1.82) is 5.26 Å². The molecule has 0 aliphatic carbocycles. The van der Waals surface area contributed by atoms with Gasteiger partial charge in [0.15, 0.2) is 0 Å². The Labute approximate surface area is 317 Å². The highest BCUT2D eigenvalue weighted by atomic mass is 15.0. The molecule has 258 valence electrons. The molecule has 0 amide bonds. The predicted molar refractivity (Wildman–Crippen MR) is 227 cm³/mol. The van der Waals surface area contributed by atoms with Crippen LogP contribution in [-0.4, -0.2) is 18.7 Å². The van der Waals surface area contributed by atoms with Crippen molar-refractivity contribution in [2.75, 3.05) is 0 Å². The van der Waals surface area contributed by atoms with E-state index in [1.54, 1.807) is 0 Å². The van der Waals surface area contributed by atoms with Gasteiger partial charge in [0.2, 0.25) is 0 Å². The van der Waals surface area contributed by atoms with Crippen LogP contribution < -0.4 is 0 Å². The molecule has 0 saturated heterocycles. The molecule has 55 heavy (non-hydrogen) atoms. The molecule has 0 saturated carbocycles. The first-order valence-corrected chi connectivity index (χ1v) is 18.6. The summed E-state index contributed by atoms with van der Waals surface area (Å²) in [5.74, 6) is 0. The summed E-state index contributed by atoms with van der Waals surface area (Å²) in [4.78, 5) is 4.96. The van der Waals surface area contributed by atoms with Crippen LogP contribution in [0.3, 0.4) is 0 Å². The number of rotatable bonds is 4. The fourth-order valence-electron chi connectivity index (χ4n) is 8.94. The molecule has 0 atom stereocenters. The molecule has 0 fully saturated rings. The molecule has 0 radical (unpaired) electrons. The Balaban J connectivity index is 1.23. The van der Waals surface area contributed by atoms with Gasteiger partial charge in [-0.3, -0.25) is 4.98 Å². The van der Waals surface area contributed by atoms with Crippen molar-refractivity contribution in [2.45, 2.75) is 13.8 Å². The average molecular weight is 704 g/mol. The zero-order valence-corrected chi connectivity index (χ0v) is 30.3. The van der Waals surface area contributed by atoms with Crippen molar-refractivity contribution in [1.82, 2.24) is 18.7 Å². The van der Waals surface area contributed by atoms with Gasteiger partial charge < -0.3 is 13.7 Å². The second kappa shape index (κ2) is 11.8. The number of nitriles is 1. The van der Waals surface area contributed by atoms with Crippen molar-refractivity contribution in [3.63, 3.8) is 0 Å². The SMILES string of the molecule is Cc1cccnc1-c1cc(-n2c3ccccc3c3cc(C#N)ccc32)cc(-n2c3ccccc3c3cc(-n4c5ccccc5c5ccccc54)ccc32)c1C. The summed E-state index contributed by atoms with van der Waals surface area (Å²) < 4.78 is 7.16. The van der Waals surface area contributed by atoms with E-state index < -0.39 is 0 Å². The van der Waals surface area contributed by atoms with Gasteiger partial charge >= 0.3 is 0 Å². The summed E-state index contributed by atoms with van der Waals surface area (Å²) in [5.41, 5.74) is 15.0. The van der Waals surface area contributed by atoms with E-state index in [9.17, 15) is 5.26 Å². The van der Waals surface area contributed by atoms with E-state index in [4.69, 9.17) is 4.98 Å². The fraction of sp³-hybridized carbons (Fsp3) is 0.0400. The van der Waals surface area contributed by atoms with Crippen molar-refractivity contribution in [2.24, 2.45) is 0 Å². The van der Waals surface area contributed by atoms with E-state index in [0.29, 0.717) is 5.56 Å². The second-order valence-electron chi connectivity index (χ2n) is 14.4. The quantitative estimate of drug-likeness (QED) is 0.183. The number of aryl methyl sites for hydroxylation is 1. The van der Waals surface area contributed by atoms with Crippen LogP contribution in [0, 0.1) is 25.2 Å². The van der Waals surface area contributed by atoms with Gasteiger partial charge in [0, 0.05) is 55.5 Å². The van der Waals surface area contributed by atoms with Gasteiger partial charge in [-0.2, -0.15) is 5.26 Å². The Bertz CT molecular complexity index is 3370. The van der Waals surface area contributed by atoms with Crippen LogP contribution in [0.2, 0.25) is 0 Å². The third-order valence-electron chi connectivity index (χ3n) is 11.4. The highest BCUT2D eigenvalue weighted by molar-refractivity contribution is 6.13. The third kappa shape index (κ3) is 4.49. The van der Waals surface area contributed by atoms with Crippen molar-refractivity contribution < 1.29 is 0 Å². The maximum Gasteiger partial charge on any atom is 0.0991 e. The van der Waals surface area contributed by atoms with Crippen LogP contribution >= 0.6 is 0 Å². The molecular formula is C50H33N5. The minimum absolute atomic E-state index is 0.648. The first kappa shape index (κ1) is 31.1.